The molecule has 0 saturated carbocycles. The summed E-state index contributed by atoms with van der Waals surface area (Å²) in [6, 6.07) is 12.9. The molecule has 1 aromatic carbocycles. The molecule has 2 N–H and O–H groups in total. The predicted octanol–water partition coefficient (Wildman–Crippen LogP) is 2.76. The van der Waals surface area contributed by atoms with Crippen LogP contribution in [0.5, 0.6) is 0 Å². The monoisotopic (exact) mass is 323 g/mol. The maximum absolute atomic E-state index is 11.8. The SMILES string of the molecule is O=S(=O)(/C=C/c1ccccc1)NCCC(O)c1cccs1. The zero-order valence-electron chi connectivity index (χ0n) is 11.3. The zero-order valence-corrected chi connectivity index (χ0v) is 13.0. The molecule has 0 aliphatic rings. The molecule has 4 nitrogen and oxygen atoms in total. The largest absolute Gasteiger partial charge is 0.388 e. The number of benzene rings is 1. The maximum Gasteiger partial charge on any atom is 0.233 e. The van der Waals surface area contributed by atoms with Gasteiger partial charge in [-0.05, 0) is 29.5 Å². The molecule has 2 aromatic rings. The highest BCUT2D eigenvalue weighted by Crippen LogP contribution is 2.21. The van der Waals surface area contributed by atoms with Gasteiger partial charge in [0.25, 0.3) is 0 Å². The third kappa shape index (κ3) is 5.43. The van der Waals surface area contributed by atoms with Crippen molar-refractivity contribution in [3.63, 3.8) is 0 Å². The van der Waals surface area contributed by atoms with Crippen LogP contribution in [0.1, 0.15) is 23.0 Å². The van der Waals surface area contributed by atoms with Gasteiger partial charge in [0.05, 0.1) is 6.10 Å². The van der Waals surface area contributed by atoms with Crippen LogP contribution in [-0.2, 0) is 10.0 Å². The van der Waals surface area contributed by atoms with Crippen molar-refractivity contribution in [3.8, 4) is 0 Å². The quantitative estimate of drug-likeness (QED) is 0.823. The first-order chi connectivity index (χ1) is 10.1. The van der Waals surface area contributed by atoms with Crippen LogP contribution in [0.4, 0.5) is 0 Å². The molecule has 0 saturated heterocycles. The second-order valence-corrected chi connectivity index (χ2v) is 7.10. The number of sulfonamides is 1. The molecule has 112 valence electrons. The Hall–Kier alpha value is -1.47. The Morgan fingerprint density at radius 2 is 1.95 bits per heavy atom. The van der Waals surface area contributed by atoms with E-state index >= 15 is 0 Å². The topological polar surface area (TPSA) is 66.4 Å². The van der Waals surface area contributed by atoms with Gasteiger partial charge in [0, 0.05) is 16.8 Å². The Bertz CT molecular complexity index is 664. The minimum absolute atomic E-state index is 0.195. The number of nitrogens with one attached hydrogen (secondary N) is 1. The summed E-state index contributed by atoms with van der Waals surface area (Å²) in [6.45, 7) is 0.195. The van der Waals surface area contributed by atoms with Crippen molar-refractivity contribution in [2.75, 3.05) is 6.54 Å². The molecule has 0 amide bonds. The van der Waals surface area contributed by atoms with E-state index in [-0.39, 0.29) is 6.54 Å². The van der Waals surface area contributed by atoms with Gasteiger partial charge in [-0.3, -0.25) is 0 Å². The van der Waals surface area contributed by atoms with Crippen LogP contribution in [0.25, 0.3) is 6.08 Å². The second kappa shape index (κ2) is 7.51. The van der Waals surface area contributed by atoms with E-state index in [2.05, 4.69) is 4.72 Å². The third-order valence-electron chi connectivity index (χ3n) is 2.83. The van der Waals surface area contributed by atoms with E-state index in [4.69, 9.17) is 0 Å². The predicted molar refractivity (Wildman–Crippen MR) is 86.3 cm³/mol. The minimum atomic E-state index is -3.48. The van der Waals surface area contributed by atoms with Crippen LogP contribution in [0, 0.1) is 0 Å². The summed E-state index contributed by atoms with van der Waals surface area (Å²) >= 11 is 1.46. The number of aliphatic hydroxyl groups is 1. The van der Waals surface area contributed by atoms with Gasteiger partial charge in [0.15, 0.2) is 0 Å². The molecular formula is C15H17NO3S2. The zero-order chi connectivity index (χ0) is 15.1. The van der Waals surface area contributed by atoms with Crippen molar-refractivity contribution >= 4 is 27.4 Å². The molecule has 0 radical (unpaired) electrons. The van der Waals surface area contributed by atoms with E-state index in [1.54, 1.807) is 0 Å². The summed E-state index contributed by atoms with van der Waals surface area (Å²) in [7, 11) is -3.48. The Morgan fingerprint density at radius 3 is 2.62 bits per heavy atom. The van der Waals surface area contributed by atoms with Crippen molar-refractivity contribution in [1.82, 2.24) is 4.72 Å². The fourth-order valence-electron chi connectivity index (χ4n) is 1.74. The van der Waals surface area contributed by atoms with Gasteiger partial charge in [0.1, 0.15) is 0 Å². The molecule has 0 spiro atoms. The fraction of sp³-hybridized carbons (Fsp3) is 0.200. The molecule has 0 aliphatic carbocycles. The van der Waals surface area contributed by atoms with Crippen molar-refractivity contribution in [2.45, 2.75) is 12.5 Å². The Kier molecular flexibility index (Phi) is 5.69. The standard InChI is InChI=1S/C15H17NO3S2/c17-14(15-7-4-11-20-15)8-10-16-21(18,19)12-9-13-5-2-1-3-6-13/h1-7,9,11-12,14,16-17H,8,10H2/b12-9+. The molecule has 6 heteroatoms. The molecule has 1 unspecified atom stereocenters. The first kappa shape index (κ1) is 15.9. The summed E-state index contributed by atoms with van der Waals surface area (Å²) < 4.78 is 26.0. The fourth-order valence-corrected chi connectivity index (χ4v) is 3.32. The van der Waals surface area contributed by atoms with Gasteiger partial charge < -0.3 is 5.11 Å². The molecule has 0 fully saturated rings. The highest BCUT2D eigenvalue weighted by Gasteiger charge is 2.10. The van der Waals surface area contributed by atoms with Gasteiger partial charge in [-0.2, -0.15) is 0 Å². The van der Waals surface area contributed by atoms with Crippen LogP contribution >= 0.6 is 11.3 Å². The minimum Gasteiger partial charge on any atom is -0.388 e. The Morgan fingerprint density at radius 1 is 1.19 bits per heavy atom. The summed E-state index contributed by atoms with van der Waals surface area (Å²) in [5, 5.41) is 12.9. The third-order valence-corrected chi connectivity index (χ3v) is 4.91. The summed E-state index contributed by atoms with van der Waals surface area (Å²) in [6.07, 6.45) is 1.25. The molecule has 1 atom stereocenters. The molecule has 21 heavy (non-hydrogen) atoms. The molecule has 1 aromatic heterocycles. The van der Waals surface area contributed by atoms with E-state index in [0.29, 0.717) is 6.42 Å². The van der Waals surface area contributed by atoms with E-state index < -0.39 is 16.1 Å². The smallest absolute Gasteiger partial charge is 0.233 e. The number of aliphatic hydroxyl groups excluding tert-OH is 1. The first-order valence-electron chi connectivity index (χ1n) is 6.51. The Labute approximate surface area is 128 Å². The lowest BCUT2D eigenvalue weighted by atomic mass is 10.2. The normalized spacial score (nSPS) is 13.6. The van der Waals surface area contributed by atoms with Gasteiger partial charge in [-0.1, -0.05) is 36.4 Å². The maximum atomic E-state index is 11.8. The number of hydrogen-bond acceptors (Lipinski definition) is 4. The van der Waals surface area contributed by atoms with Crippen molar-refractivity contribution < 1.29 is 13.5 Å². The second-order valence-electron chi connectivity index (χ2n) is 4.47. The lowest BCUT2D eigenvalue weighted by molar-refractivity contribution is 0.173. The highest BCUT2D eigenvalue weighted by atomic mass is 32.2. The van der Waals surface area contributed by atoms with Crippen LogP contribution < -0.4 is 4.72 Å². The molecule has 2 rings (SSSR count). The first-order valence-corrected chi connectivity index (χ1v) is 8.94. The van der Waals surface area contributed by atoms with Gasteiger partial charge in [0.2, 0.25) is 10.0 Å². The van der Waals surface area contributed by atoms with E-state index in [1.165, 1.54) is 17.4 Å². The Balaban J connectivity index is 1.83. The summed E-state index contributed by atoms with van der Waals surface area (Å²) in [5.41, 5.74) is 0.821. The summed E-state index contributed by atoms with van der Waals surface area (Å²) in [5.74, 6) is 0. The number of rotatable bonds is 7. The van der Waals surface area contributed by atoms with Crippen molar-refractivity contribution in [1.29, 1.82) is 0 Å². The van der Waals surface area contributed by atoms with E-state index in [0.717, 1.165) is 15.8 Å². The lowest BCUT2D eigenvalue weighted by Gasteiger charge is -2.08. The van der Waals surface area contributed by atoms with Crippen LogP contribution in [-0.4, -0.2) is 20.1 Å². The van der Waals surface area contributed by atoms with Crippen molar-refractivity contribution in [2.24, 2.45) is 0 Å². The summed E-state index contributed by atoms with van der Waals surface area (Å²) in [4.78, 5) is 0.842. The van der Waals surface area contributed by atoms with Gasteiger partial charge >= 0.3 is 0 Å². The van der Waals surface area contributed by atoms with Crippen molar-refractivity contribution in [3.05, 3.63) is 63.7 Å². The van der Waals surface area contributed by atoms with Gasteiger partial charge in [-0.25, -0.2) is 13.1 Å². The highest BCUT2D eigenvalue weighted by molar-refractivity contribution is 7.92. The van der Waals surface area contributed by atoms with Crippen LogP contribution in [0.15, 0.2) is 53.3 Å². The number of thiophene rings is 1. The molecule has 0 bridgehead atoms. The van der Waals surface area contributed by atoms with E-state index in [1.807, 2.05) is 47.8 Å². The number of hydrogen-bond donors (Lipinski definition) is 2. The molecule has 1 heterocycles. The van der Waals surface area contributed by atoms with Crippen LogP contribution in [0.3, 0.4) is 0 Å². The van der Waals surface area contributed by atoms with Crippen LogP contribution in [0.2, 0.25) is 0 Å². The molecular weight excluding hydrogens is 306 g/mol. The average molecular weight is 323 g/mol. The van der Waals surface area contributed by atoms with Gasteiger partial charge in [-0.15, -0.1) is 11.3 Å². The average Bonchev–Trinajstić information content (AvgIpc) is 3.00. The molecule has 0 aliphatic heterocycles. The van der Waals surface area contributed by atoms with E-state index in [9.17, 15) is 13.5 Å². The lowest BCUT2D eigenvalue weighted by Crippen LogP contribution is -2.23.